The number of nitrogens with zero attached hydrogens (tertiary/aromatic N) is 4. The maximum atomic E-state index is 11.2. The van der Waals surface area contributed by atoms with Crippen molar-refractivity contribution in [3.05, 3.63) is 17.1 Å². The second-order valence-corrected chi connectivity index (χ2v) is 8.57. The quantitative estimate of drug-likeness (QED) is 0.394. The Kier molecular flexibility index (Phi) is 5.95. The van der Waals surface area contributed by atoms with Crippen LogP contribution in [0.1, 0.15) is 42.8 Å². The number of nitrogen functional groups attached to an aromatic ring is 1. The van der Waals surface area contributed by atoms with Gasteiger partial charge in [0.25, 0.3) is 0 Å². The van der Waals surface area contributed by atoms with E-state index < -0.39 is 10.0 Å². The highest BCUT2D eigenvalue weighted by molar-refractivity contribution is 7.88. The highest BCUT2D eigenvalue weighted by atomic mass is 32.2. The van der Waals surface area contributed by atoms with E-state index in [9.17, 15) is 8.42 Å². The van der Waals surface area contributed by atoms with Crippen molar-refractivity contribution in [2.45, 2.75) is 45.1 Å². The molecule has 0 unspecified atom stereocenters. The van der Waals surface area contributed by atoms with Gasteiger partial charge in [0.2, 0.25) is 10.0 Å². The van der Waals surface area contributed by atoms with Gasteiger partial charge in [0.1, 0.15) is 18.8 Å². The number of aryl methyl sites for hydroxylation is 3. The van der Waals surface area contributed by atoms with Crippen molar-refractivity contribution < 1.29 is 13.3 Å². The standard InChI is InChI=1S/C17H26N6O3S/c1-26-19-11-14-22-15-16(12-7-3-4-8-13(12)21-17(15)18)23(14)10-6-5-9-20-27(2,24)25/h11,20H,3-10H2,1-2H3,(H2,18,21)/b19-11+. The Balaban J connectivity index is 1.92. The van der Waals surface area contributed by atoms with Gasteiger partial charge >= 0.3 is 0 Å². The molecule has 0 aromatic carbocycles. The summed E-state index contributed by atoms with van der Waals surface area (Å²) in [6.07, 6.45) is 8.38. The van der Waals surface area contributed by atoms with Gasteiger partial charge in [-0.25, -0.2) is 23.1 Å². The minimum absolute atomic E-state index is 0.411. The summed E-state index contributed by atoms with van der Waals surface area (Å²) in [6.45, 7) is 1.09. The van der Waals surface area contributed by atoms with E-state index in [1.807, 2.05) is 0 Å². The van der Waals surface area contributed by atoms with E-state index in [0.717, 1.165) is 56.0 Å². The number of pyridine rings is 1. The van der Waals surface area contributed by atoms with Gasteiger partial charge in [-0.1, -0.05) is 5.16 Å². The smallest absolute Gasteiger partial charge is 0.208 e. The number of unbranched alkanes of at least 4 members (excludes halogenated alkanes) is 1. The first-order valence-corrected chi connectivity index (χ1v) is 11.0. The van der Waals surface area contributed by atoms with E-state index >= 15 is 0 Å². The summed E-state index contributed by atoms with van der Waals surface area (Å²) in [4.78, 5) is 14.0. The first kappa shape index (κ1) is 19.6. The molecular formula is C17H26N6O3S. The number of imidazole rings is 1. The SMILES string of the molecule is CO/N=C/c1nc2c(N)nc3c(c2n1CCCCNS(C)(=O)=O)CCCC3. The van der Waals surface area contributed by atoms with Crippen molar-refractivity contribution in [1.29, 1.82) is 0 Å². The number of aromatic nitrogens is 3. The molecule has 2 heterocycles. The molecule has 1 aliphatic carbocycles. The number of nitrogens with two attached hydrogens (primary N) is 1. The van der Waals surface area contributed by atoms with Crippen molar-refractivity contribution in [1.82, 2.24) is 19.3 Å². The Morgan fingerprint density at radius 3 is 2.81 bits per heavy atom. The molecule has 10 heteroatoms. The molecule has 0 fully saturated rings. The fourth-order valence-electron chi connectivity index (χ4n) is 3.50. The molecule has 0 saturated heterocycles. The lowest BCUT2D eigenvalue weighted by atomic mass is 9.95. The zero-order chi connectivity index (χ0) is 19.4. The molecule has 9 nitrogen and oxygen atoms in total. The summed E-state index contributed by atoms with van der Waals surface area (Å²) in [6, 6.07) is 0. The van der Waals surface area contributed by atoms with E-state index in [2.05, 4.69) is 24.4 Å². The zero-order valence-electron chi connectivity index (χ0n) is 15.7. The molecule has 2 aromatic rings. The number of anilines is 1. The van der Waals surface area contributed by atoms with Crippen LogP contribution in [0.3, 0.4) is 0 Å². The molecule has 0 aliphatic heterocycles. The molecule has 2 aromatic heterocycles. The van der Waals surface area contributed by atoms with E-state index in [-0.39, 0.29) is 0 Å². The van der Waals surface area contributed by atoms with Crippen LogP contribution in [0.15, 0.2) is 5.16 Å². The lowest BCUT2D eigenvalue weighted by molar-refractivity contribution is 0.215. The van der Waals surface area contributed by atoms with Crippen LogP contribution in [-0.2, 0) is 34.2 Å². The number of nitrogens with one attached hydrogen (secondary N) is 1. The predicted octanol–water partition coefficient (Wildman–Crippen LogP) is 1.20. The summed E-state index contributed by atoms with van der Waals surface area (Å²) in [5, 5.41) is 3.86. The van der Waals surface area contributed by atoms with Gasteiger partial charge in [-0.05, 0) is 44.1 Å². The van der Waals surface area contributed by atoms with E-state index in [1.54, 1.807) is 6.21 Å². The second kappa shape index (κ2) is 8.22. The third-order valence-corrected chi connectivity index (χ3v) is 5.39. The van der Waals surface area contributed by atoms with Crippen LogP contribution in [0, 0.1) is 0 Å². The van der Waals surface area contributed by atoms with Gasteiger partial charge in [-0.2, -0.15) is 0 Å². The van der Waals surface area contributed by atoms with Crippen molar-refractivity contribution in [3.63, 3.8) is 0 Å². The second-order valence-electron chi connectivity index (χ2n) is 6.74. The lowest BCUT2D eigenvalue weighted by Crippen LogP contribution is -2.23. The number of hydrogen-bond donors (Lipinski definition) is 2. The van der Waals surface area contributed by atoms with E-state index in [4.69, 9.17) is 10.6 Å². The van der Waals surface area contributed by atoms with Gasteiger partial charge in [-0.3, -0.25) is 0 Å². The summed E-state index contributed by atoms with van der Waals surface area (Å²) in [5.41, 5.74) is 10.2. The average molecular weight is 395 g/mol. The number of hydrogen-bond acceptors (Lipinski definition) is 7. The molecule has 3 rings (SSSR count). The van der Waals surface area contributed by atoms with Crippen molar-refractivity contribution in [3.8, 4) is 0 Å². The molecule has 0 bridgehead atoms. The maximum absolute atomic E-state index is 11.2. The van der Waals surface area contributed by atoms with Crippen LogP contribution in [0.25, 0.3) is 11.0 Å². The number of oxime groups is 1. The Labute approximate surface area is 159 Å². The molecule has 0 atom stereocenters. The summed E-state index contributed by atoms with van der Waals surface area (Å²) in [7, 11) is -1.68. The minimum atomic E-state index is -3.16. The Morgan fingerprint density at radius 1 is 1.30 bits per heavy atom. The minimum Gasteiger partial charge on any atom is -0.399 e. The first-order valence-electron chi connectivity index (χ1n) is 9.09. The first-order chi connectivity index (χ1) is 12.9. The van der Waals surface area contributed by atoms with Crippen LogP contribution in [0.5, 0.6) is 0 Å². The lowest BCUT2D eigenvalue weighted by Gasteiger charge is -2.18. The van der Waals surface area contributed by atoms with Crippen molar-refractivity contribution in [2.24, 2.45) is 5.16 Å². The summed E-state index contributed by atoms with van der Waals surface area (Å²) < 4.78 is 27.0. The molecule has 148 valence electrons. The summed E-state index contributed by atoms with van der Waals surface area (Å²) in [5.74, 6) is 1.10. The third kappa shape index (κ3) is 4.56. The van der Waals surface area contributed by atoms with Crippen LogP contribution < -0.4 is 10.5 Å². The van der Waals surface area contributed by atoms with Crippen LogP contribution in [-0.4, -0.2) is 49.1 Å². The van der Waals surface area contributed by atoms with Gasteiger partial charge in [0.05, 0.1) is 11.8 Å². The molecule has 27 heavy (non-hydrogen) atoms. The monoisotopic (exact) mass is 394 g/mol. The van der Waals surface area contributed by atoms with Crippen LogP contribution >= 0.6 is 0 Å². The topological polar surface area (TPSA) is 124 Å². The largest absolute Gasteiger partial charge is 0.399 e. The molecule has 0 spiro atoms. The van der Waals surface area contributed by atoms with E-state index in [0.29, 0.717) is 30.2 Å². The molecule has 0 amide bonds. The van der Waals surface area contributed by atoms with Gasteiger partial charge < -0.3 is 15.1 Å². The molecular weight excluding hydrogens is 368 g/mol. The van der Waals surface area contributed by atoms with Gasteiger partial charge in [0.15, 0.2) is 11.6 Å². The van der Waals surface area contributed by atoms with Crippen molar-refractivity contribution in [2.75, 3.05) is 25.6 Å². The Morgan fingerprint density at radius 2 is 2.07 bits per heavy atom. The zero-order valence-corrected chi connectivity index (χ0v) is 16.5. The number of sulfonamides is 1. The molecule has 0 saturated carbocycles. The highest BCUT2D eigenvalue weighted by Crippen LogP contribution is 2.31. The van der Waals surface area contributed by atoms with Crippen LogP contribution in [0.2, 0.25) is 0 Å². The molecule has 1 aliphatic rings. The maximum Gasteiger partial charge on any atom is 0.208 e. The molecule has 0 radical (unpaired) electrons. The third-order valence-electron chi connectivity index (χ3n) is 4.67. The Bertz CT molecular complexity index is 951. The van der Waals surface area contributed by atoms with E-state index in [1.165, 1.54) is 12.7 Å². The van der Waals surface area contributed by atoms with Crippen molar-refractivity contribution >= 4 is 33.1 Å². The van der Waals surface area contributed by atoms with Gasteiger partial charge in [0, 0.05) is 18.8 Å². The highest BCUT2D eigenvalue weighted by Gasteiger charge is 2.22. The number of rotatable bonds is 8. The average Bonchev–Trinajstić information content (AvgIpc) is 2.98. The fourth-order valence-corrected chi connectivity index (χ4v) is 4.01. The predicted molar refractivity (Wildman–Crippen MR) is 105 cm³/mol. The Hall–Kier alpha value is -2.20. The van der Waals surface area contributed by atoms with Crippen LogP contribution in [0.4, 0.5) is 5.82 Å². The molecule has 3 N–H and O–H groups in total. The summed E-state index contributed by atoms with van der Waals surface area (Å²) >= 11 is 0. The van der Waals surface area contributed by atoms with Gasteiger partial charge in [-0.15, -0.1) is 0 Å². The number of fused-ring (bicyclic) bond motifs is 3. The fraction of sp³-hybridized carbons (Fsp3) is 0.588. The normalized spacial score (nSPS) is 14.7.